The number of amides is 1. The number of nitrogens with one attached hydrogen (secondary N) is 1. The molecule has 2 atom stereocenters. The monoisotopic (exact) mass is 387 g/mol. The van der Waals surface area contributed by atoms with Crippen molar-refractivity contribution in [3.8, 4) is 0 Å². The van der Waals surface area contributed by atoms with Gasteiger partial charge in [0.1, 0.15) is 0 Å². The highest BCUT2D eigenvalue weighted by molar-refractivity contribution is 9.10. The molecule has 1 aromatic carbocycles. The van der Waals surface area contributed by atoms with E-state index in [1.54, 1.807) is 0 Å². The molecule has 0 aliphatic heterocycles. The van der Waals surface area contributed by atoms with Crippen LogP contribution in [0.15, 0.2) is 28.7 Å². The Morgan fingerprint density at radius 2 is 2.21 bits per heavy atom. The maximum atomic E-state index is 12.4. The van der Waals surface area contributed by atoms with Crippen LogP contribution in [0.3, 0.4) is 0 Å². The van der Waals surface area contributed by atoms with Gasteiger partial charge in [-0.25, -0.2) is 0 Å². The van der Waals surface area contributed by atoms with Crippen LogP contribution in [0.25, 0.3) is 0 Å². The van der Waals surface area contributed by atoms with Crippen molar-refractivity contribution in [2.45, 2.75) is 38.1 Å². The lowest BCUT2D eigenvalue weighted by Crippen LogP contribution is -2.52. The minimum atomic E-state index is -0.0932. The summed E-state index contributed by atoms with van der Waals surface area (Å²) in [5.41, 5.74) is 0.616. The molecule has 1 saturated carbocycles. The van der Waals surface area contributed by atoms with Gasteiger partial charge in [0.15, 0.2) is 0 Å². The summed E-state index contributed by atoms with van der Waals surface area (Å²) in [4.78, 5) is 12.4. The summed E-state index contributed by atoms with van der Waals surface area (Å²) in [6.07, 6.45) is 4.55. The Bertz CT molecular complexity index is 463. The van der Waals surface area contributed by atoms with Crippen molar-refractivity contribution in [3.05, 3.63) is 34.3 Å². The predicted molar refractivity (Wildman–Crippen MR) is 85.8 cm³/mol. The molecule has 19 heavy (non-hydrogen) atoms. The largest absolute Gasteiger partial charge is 0.346 e. The Hall–Kier alpha value is -0.350. The molecule has 104 valence electrons. The first-order valence-corrected chi connectivity index (χ1v) is 8.61. The number of alkyl halides is 1. The number of carbonyl (C=O) groups excluding carboxylic acids is 1. The van der Waals surface area contributed by atoms with Gasteiger partial charge < -0.3 is 5.32 Å². The molecule has 0 spiro atoms. The van der Waals surface area contributed by atoms with Crippen LogP contribution >= 0.6 is 31.9 Å². The molecule has 0 aromatic heterocycles. The summed E-state index contributed by atoms with van der Waals surface area (Å²) in [7, 11) is 0. The standard InChI is InChI=1S/C15H19Br2NO/c1-11-5-4-8-15(9-11,10-16)18-14(19)12-6-2-3-7-13(12)17/h2-3,6-7,11H,4-5,8-10H2,1H3,(H,18,19). The third-order valence-corrected chi connectivity index (χ3v) is 5.61. The first-order valence-electron chi connectivity index (χ1n) is 6.69. The third kappa shape index (κ3) is 3.60. The zero-order valence-corrected chi connectivity index (χ0v) is 14.3. The molecule has 1 N–H and O–H groups in total. The maximum Gasteiger partial charge on any atom is 0.252 e. The number of halogens is 2. The van der Waals surface area contributed by atoms with Crippen molar-refractivity contribution in [2.75, 3.05) is 5.33 Å². The molecule has 0 radical (unpaired) electrons. The highest BCUT2D eigenvalue weighted by Gasteiger charge is 2.35. The van der Waals surface area contributed by atoms with Crippen LogP contribution in [0.5, 0.6) is 0 Å². The van der Waals surface area contributed by atoms with E-state index in [1.807, 2.05) is 24.3 Å². The van der Waals surface area contributed by atoms with Crippen LogP contribution in [0, 0.1) is 5.92 Å². The number of benzene rings is 1. The Labute approximate surface area is 131 Å². The van der Waals surface area contributed by atoms with Crippen molar-refractivity contribution in [2.24, 2.45) is 5.92 Å². The highest BCUT2D eigenvalue weighted by Crippen LogP contribution is 2.34. The zero-order valence-electron chi connectivity index (χ0n) is 11.1. The lowest BCUT2D eigenvalue weighted by atomic mass is 9.77. The zero-order chi connectivity index (χ0) is 13.9. The van der Waals surface area contributed by atoms with Crippen molar-refractivity contribution in [1.82, 2.24) is 5.32 Å². The van der Waals surface area contributed by atoms with Gasteiger partial charge in [0.2, 0.25) is 0 Å². The Kier molecular flexibility index (Phi) is 5.07. The van der Waals surface area contributed by atoms with Crippen LogP contribution in [0.2, 0.25) is 0 Å². The molecular weight excluding hydrogens is 370 g/mol. The molecule has 4 heteroatoms. The molecule has 0 bridgehead atoms. The van der Waals surface area contributed by atoms with Crippen LogP contribution in [0.1, 0.15) is 43.0 Å². The molecule has 2 unspecified atom stereocenters. The maximum absolute atomic E-state index is 12.4. The predicted octanol–water partition coefficient (Wildman–Crippen LogP) is 4.52. The van der Waals surface area contributed by atoms with Crippen LogP contribution in [-0.2, 0) is 0 Å². The Morgan fingerprint density at radius 3 is 2.84 bits per heavy atom. The van der Waals surface area contributed by atoms with Crippen LogP contribution < -0.4 is 5.32 Å². The van der Waals surface area contributed by atoms with E-state index in [0.29, 0.717) is 11.5 Å². The van der Waals surface area contributed by atoms with Gasteiger partial charge in [-0.3, -0.25) is 4.79 Å². The molecule has 2 rings (SSSR count). The van der Waals surface area contributed by atoms with Gasteiger partial charge in [-0.05, 0) is 46.8 Å². The van der Waals surface area contributed by atoms with E-state index in [2.05, 4.69) is 44.1 Å². The fourth-order valence-corrected chi connectivity index (χ4v) is 4.00. The van der Waals surface area contributed by atoms with Gasteiger partial charge in [-0.2, -0.15) is 0 Å². The minimum Gasteiger partial charge on any atom is -0.346 e. The molecule has 1 aliphatic rings. The summed E-state index contributed by atoms with van der Waals surface area (Å²) < 4.78 is 0.848. The second kappa shape index (κ2) is 6.40. The van der Waals surface area contributed by atoms with E-state index < -0.39 is 0 Å². The fraction of sp³-hybridized carbons (Fsp3) is 0.533. The molecule has 1 aromatic rings. The molecule has 0 heterocycles. The minimum absolute atomic E-state index is 0.0148. The summed E-state index contributed by atoms with van der Waals surface area (Å²) in [6, 6.07) is 7.57. The molecular formula is C15H19Br2NO. The van der Waals surface area contributed by atoms with Crippen molar-refractivity contribution < 1.29 is 4.79 Å². The third-order valence-electron chi connectivity index (χ3n) is 3.84. The van der Waals surface area contributed by atoms with Crippen LogP contribution in [0.4, 0.5) is 0 Å². The smallest absolute Gasteiger partial charge is 0.252 e. The van der Waals surface area contributed by atoms with Gasteiger partial charge in [-0.1, -0.05) is 47.8 Å². The second-order valence-electron chi connectivity index (χ2n) is 5.55. The second-order valence-corrected chi connectivity index (χ2v) is 6.96. The topological polar surface area (TPSA) is 29.1 Å². The van der Waals surface area contributed by atoms with Crippen molar-refractivity contribution in [3.63, 3.8) is 0 Å². The van der Waals surface area contributed by atoms with E-state index in [-0.39, 0.29) is 11.4 Å². The van der Waals surface area contributed by atoms with Gasteiger partial charge in [-0.15, -0.1) is 0 Å². The Morgan fingerprint density at radius 1 is 1.47 bits per heavy atom. The number of hydrogen-bond acceptors (Lipinski definition) is 1. The van der Waals surface area contributed by atoms with Gasteiger partial charge >= 0.3 is 0 Å². The molecule has 1 fully saturated rings. The number of hydrogen-bond donors (Lipinski definition) is 1. The van der Waals surface area contributed by atoms with Gasteiger partial charge in [0.05, 0.1) is 11.1 Å². The summed E-state index contributed by atoms with van der Waals surface area (Å²) >= 11 is 7.03. The lowest BCUT2D eigenvalue weighted by Gasteiger charge is -2.39. The Balaban J connectivity index is 2.14. The summed E-state index contributed by atoms with van der Waals surface area (Å²) in [5, 5.41) is 4.07. The first-order chi connectivity index (χ1) is 9.06. The molecule has 0 saturated heterocycles. The van der Waals surface area contributed by atoms with E-state index >= 15 is 0 Å². The normalized spacial score (nSPS) is 27.0. The van der Waals surface area contributed by atoms with Gasteiger partial charge in [0, 0.05) is 9.80 Å². The quantitative estimate of drug-likeness (QED) is 0.757. The van der Waals surface area contributed by atoms with Crippen molar-refractivity contribution >= 4 is 37.8 Å². The molecule has 2 nitrogen and oxygen atoms in total. The summed E-state index contributed by atoms with van der Waals surface area (Å²) in [5.74, 6) is 0.687. The molecule has 1 amide bonds. The average Bonchev–Trinajstić information content (AvgIpc) is 2.39. The average molecular weight is 389 g/mol. The van der Waals surface area contributed by atoms with E-state index in [4.69, 9.17) is 0 Å². The number of rotatable bonds is 3. The SMILES string of the molecule is CC1CCCC(CBr)(NC(=O)c2ccccc2Br)C1. The van der Waals surface area contributed by atoms with Gasteiger partial charge in [0.25, 0.3) is 5.91 Å². The first kappa shape index (κ1) is 15.0. The lowest BCUT2D eigenvalue weighted by molar-refractivity contribution is 0.0868. The molecule has 1 aliphatic carbocycles. The van der Waals surface area contributed by atoms with E-state index in [9.17, 15) is 4.79 Å². The van der Waals surface area contributed by atoms with Crippen LogP contribution in [-0.4, -0.2) is 16.8 Å². The highest BCUT2D eigenvalue weighted by atomic mass is 79.9. The number of carbonyl (C=O) groups is 1. The van der Waals surface area contributed by atoms with Crippen molar-refractivity contribution in [1.29, 1.82) is 0 Å². The summed E-state index contributed by atoms with van der Waals surface area (Å²) in [6.45, 7) is 2.27. The van der Waals surface area contributed by atoms with E-state index in [0.717, 1.165) is 22.6 Å². The fourth-order valence-electron chi connectivity index (χ4n) is 2.88. The van der Waals surface area contributed by atoms with E-state index in [1.165, 1.54) is 12.8 Å².